The normalized spacial score (nSPS) is 39.5. The number of epoxide rings is 1. The summed E-state index contributed by atoms with van der Waals surface area (Å²) in [4.78, 5) is 0. The molecule has 2 atom stereocenters. The Morgan fingerprint density at radius 2 is 1.92 bits per heavy atom. The maximum Gasteiger partial charge on any atom is 0.115 e. The minimum atomic E-state index is -0.619. The highest BCUT2D eigenvalue weighted by Crippen LogP contribution is 2.41. The fourth-order valence-electron chi connectivity index (χ4n) is 2.20. The Labute approximate surface area is 72.3 Å². The fourth-order valence-corrected chi connectivity index (χ4v) is 2.20. The highest BCUT2D eigenvalue weighted by Gasteiger charge is 2.53. The van der Waals surface area contributed by atoms with Crippen molar-refractivity contribution in [3.63, 3.8) is 0 Å². The highest BCUT2D eigenvalue weighted by atomic mass is 16.6. The molecule has 1 saturated carbocycles. The molecule has 1 aliphatic carbocycles. The molecule has 0 aromatic carbocycles. The number of hydrogen-bond acceptors (Lipinski definition) is 3. The summed E-state index contributed by atoms with van der Waals surface area (Å²) < 4.78 is 5.21. The number of aliphatic hydroxyl groups is 2. The van der Waals surface area contributed by atoms with E-state index >= 15 is 0 Å². The monoisotopic (exact) mass is 172 g/mol. The van der Waals surface area contributed by atoms with Crippen molar-refractivity contribution in [1.82, 2.24) is 0 Å². The van der Waals surface area contributed by atoms with Crippen LogP contribution >= 0.6 is 0 Å². The molecule has 2 rings (SSSR count). The van der Waals surface area contributed by atoms with E-state index in [9.17, 15) is 5.11 Å². The van der Waals surface area contributed by atoms with E-state index in [0.29, 0.717) is 0 Å². The van der Waals surface area contributed by atoms with Gasteiger partial charge >= 0.3 is 0 Å². The lowest BCUT2D eigenvalue weighted by Gasteiger charge is -2.30. The third-order valence-electron chi connectivity index (χ3n) is 3.01. The molecule has 0 radical (unpaired) electrons. The van der Waals surface area contributed by atoms with E-state index < -0.39 is 5.60 Å². The van der Waals surface area contributed by atoms with E-state index in [1.165, 1.54) is 6.42 Å². The standard InChI is InChI=1S/C9H16O3/c10-6-7-8(12-7)9(11)4-2-1-3-5-9/h7-8,10-11H,1-6H2/t7-,8-/m0/s1. The molecule has 0 aromatic rings. The first-order valence-electron chi connectivity index (χ1n) is 4.75. The van der Waals surface area contributed by atoms with Crippen LogP contribution in [-0.4, -0.2) is 34.6 Å². The Kier molecular flexibility index (Phi) is 2.10. The predicted octanol–water partition coefficient (Wildman–Crippen LogP) is 0.441. The molecule has 0 amide bonds. The van der Waals surface area contributed by atoms with Gasteiger partial charge in [0.25, 0.3) is 0 Å². The quantitative estimate of drug-likeness (QED) is 0.594. The molecule has 1 saturated heterocycles. The number of aliphatic hydroxyl groups excluding tert-OH is 1. The first kappa shape index (κ1) is 8.48. The van der Waals surface area contributed by atoms with Crippen molar-refractivity contribution in [3.05, 3.63) is 0 Å². The van der Waals surface area contributed by atoms with Crippen molar-refractivity contribution in [2.45, 2.75) is 49.9 Å². The minimum Gasteiger partial charge on any atom is -0.394 e. The van der Waals surface area contributed by atoms with Crippen LogP contribution in [0.3, 0.4) is 0 Å². The Hall–Kier alpha value is -0.120. The third kappa shape index (κ3) is 1.37. The molecule has 0 aromatic heterocycles. The summed E-state index contributed by atoms with van der Waals surface area (Å²) in [5.41, 5.74) is -0.619. The molecule has 1 aliphatic heterocycles. The molecular formula is C9H16O3. The van der Waals surface area contributed by atoms with Crippen molar-refractivity contribution in [2.75, 3.05) is 6.61 Å². The van der Waals surface area contributed by atoms with Crippen molar-refractivity contribution >= 4 is 0 Å². The van der Waals surface area contributed by atoms with Gasteiger partial charge in [-0.2, -0.15) is 0 Å². The van der Waals surface area contributed by atoms with Crippen LogP contribution in [0.25, 0.3) is 0 Å². The molecule has 2 N–H and O–H groups in total. The van der Waals surface area contributed by atoms with Crippen molar-refractivity contribution in [3.8, 4) is 0 Å². The summed E-state index contributed by atoms with van der Waals surface area (Å²) in [5.74, 6) is 0. The van der Waals surface area contributed by atoms with E-state index in [1.54, 1.807) is 0 Å². The van der Waals surface area contributed by atoms with Gasteiger partial charge < -0.3 is 14.9 Å². The van der Waals surface area contributed by atoms with Crippen LogP contribution in [0.15, 0.2) is 0 Å². The lowest BCUT2D eigenvalue weighted by Crippen LogP contribution is -2.38. The Balaban J connectivity index is 1.92. The van der Waals surface area contributed by atoms with Crippen LogP contribution < -0.4 is 0 Å². The Morgan fingerprint density at radius 3 is 2.42 bits per heavy atom. The SMILES string of the molecule is OC[C@@H]1O[C@@H]1C1(O)CCCCC1. The summed E-state index contributed by atoms with van der Waals surface area (Å²) in [7, 11) is 0. The zero-order valence-corrected chi connectivity index (χ0v) is 7.20. The summed E-state index contributed by atoms with van der Waals surface area (Å²) in [6, 6.07) is 0. The molecule has 2 aliphatic rings. The summed E-state index contributed by atoms with van der Waals surface area (Å²) in [6.45, 7) is 0.0486. The largest absolute Gasteiger partial charge is 0.394 e. The lowest BCUT2D eigenvalue weighted by atomic mass is 9.81. The average Bonchev–Trinajstić information content (AvgIpc) is 2.84. The maximum absolute atomic E-state index is 10.1. The second-order valence-corrected chi connectivity index (χ2v) is 3.94. The van der Waals surface area contributed by atoms with Gasteiger partial charge in [-0.05, 0) is 12.8 Å². The minimum absolute atomic E-state index is 0.0486. The zero-order chi connectivity index (χ0) is 8.60. The third-order valence-corrected chi connectivity index (χ3v) is 3.01. The van der Waals surface area contributed by atoms with Crippen LogP contribution in [0.1, 0.15) is 32.1 Å². The van der Waals surface area contributed by atoms with Crippen LogP contribution in [0.2, 0.25) is 0 Å². The van der Waals surface area contributed by atoms with Crippen LogP contribution in [0.4, 0.5) is 0 Å². The second-order valence-electron chi connectivity index (χ2n) is 3.94. The molecule has 1 heterocycles. The van der Waals surface area contributed by atoms with Crippen LogP contribution in [0, 0.1) is 0 Å². The first-order valence-corrected chi connectivity index (χ1v) is 4.75. The topological polar surface area (TPSA) is 53.0 Å². The van der Waals surface area contributed by atoms with E-state index in [-0.39, 0.29) is 18.8 Å². The summed E-state index contributed by atoms with van der Waals surface area (Å²) >= 11 is 0. The second kappa shape index (κ2) is 2.98. The van der Waals surface area contributed by atoms with E-state index in [0.717, 1.165) is 25.7 Å². The van der Waals surface area contributed by atoms with Gasteiger partial charge in [-0.3, -0.25) is 0 Å². The zero-order valence-electron chi connectivity index (χ0n) is 7.20. The maximum atomic E-state index is 10.1. The molecule has 0 bridgehead atoms. The lowest BCUT2D eigenvalue weighted by molar-refractivity contribution is -0.0206. The van der Waals surface area contributed by atoms with Crippen LogP contribution in [-0.2, 0) is 4.74 Å². The molecule has 2 fully saturated rings. The van der Waals surface area contributed by atoms with E-state index in [2.05, 4.69) is 0 Å². The van der Waals surface area contributed by atoms with E-state index in [1.807, 2.05) is 0 Å². The Morgan fingerprint density at radius 1 is 1.25 bits per heavy atom. The number of hydrogen-bond donors (Lipinski definition) is 2. The van der Waals surface area contributed by atoms with Gasteiger partial charge in [0.1, 0.15) is 12.2 Å². The van der Waals surface area contributed by atoms with Gasteiger partial charge in [-0.1, -0.05) is 19.3 Å². The van der Waals surface area contributed by atoms with Crippen molar-refractivity contribution in [1.29, 1.82) is 0 Å². The van der Waals surface area contributed by atoms with Gasteiger partial charge in [-0.25, -0.2) is 0 Å². The first-order chi connectivity index (χ1) is 5.76. The van der Waals surface area contributed by atoms with Crippen LogP contribution in [0.5, 0.6) is 0 Å². The Bertz CT molecular complexity index is 163. The molecule has 3 nitrogen and oxygen atoms in total. The average molecular weight is 172 g/mol. The number of rotatable bonds is 2. The van der Waals surface area contributed by atoms with E-state index in [4.69, 9.17) is 9.84 Å². The summed E-state index contributed by atoms with van der Waals surface area (Å²) in [5, 5.41) is 18.9. The highest BCUT2D eigenvalue weighted by molar-refractivity contribution is 5.02. The van der Waals surface area contributed by atoms with Gasteiger partial charge in [0.05, 0.1) is 12.2 Å². The molecule has 0 unspecified atom stereocenters. The fraction of sp³-hybridized carbons (Fsp3) is 1.00. The van der Waals surface area contributed by atoms with Gasteiger partial charge in [0.15, 0.2) is 0 Å². The van der Waals surface area contributed by atoms with Crippen molar-refractivity contribution in [2.24, 2.45) is 0 Å². The number of ether oxygens (including phenoxy) is 1. The van der Waals surface area contributed by atoms with Gasteiger partial charge in [0, 0.05) is 0 Å². The predicted molar refractivity (Wildman–Crippen MR) is 43.8 cm³/mol. The van der Waals surface area contributed by atoms with Crippen molar-refractivity contribution < 1.29 is 14.9 Å². The molecule has 3 heteroatoms. The van der Waals surface area contributed by atoms with Gasteiger partial charge in [-0.15, -0.1) is 0 Å². The smallest absolute Gasteiger partial charge is 0.115 e. The molecule has 0 spiro atoms. The molecular weight excluding hydrogens is 156 g/mol. The summed E-state index contributed by atoms with van der Waals surface area (Å²) in [6.07, 6.45) is 4.92. The van der Waals surface area contributed by atoms with Gasteiger partial charge in [0.2, 0.25) is 0 Å². The molecule has 12 heavy (non-hydrogen) atoms. The molecule has 70 valence electrons.